The number of likely N-dealkylation sites (tertiary alicyclic amines) is 1. The lowest BCUT2D eigenvalue weighted by Crippen LogP contribution is -2.37. The van der Waals surface area contributed by atoms with Gasteiger partial charge >= 0.3 is 5.97 Å². The quantitative estimate of drug-likeness (QED) is 0.214. The van der Waals surface area contributed by atoms with E-state index in [-0.39, 0.29) is 12.5 Å². The van der Waals surface area contributed by atoms with Crippen LogP contribution in [-0.4, -0.2) is 44.5 Å². The van der Waals surface area contributed by atoms with Crippen molar-refractivity contribution in [3.8, 4) is 22.5 Å². The van der Waals surface area contributed by atoms with E-state index in [1.807, 2.05) is 17.0 Å². The number of nitrogens with zero attached hydrogens (tertiary/aromatic N) is 3. The Morgan fingerprint density at radius 3 is 2.47 bits per heavy atom. The van der Waals surface area contributed by atoms with Gasteiger partial charge in [-0.15, -0.1) is 11.3 Å². The van der Waals surface area contributed by atoms with E-state index in [2.05, 4.69) is 54.0 Å². The average molecular weight is 592 g/mol. The summed E-state index contributed by atoms with van der Waals surface area (Å²) in [6.45, 7) is 3.92. The van der Waals surface area contributed by atoms with Gasteiger partial charge in [0.2, 0.25) is 5.91 Å². The minimum Gasteiger partial charge on any atom is -0.477 e. The molecule has 1 saturated carbocycles. The Morgan fingerprint density at radius 2 is 1.70 bits per heavy atom. The van der Waals surface area contributed by atoms with Crippen molar-refractivity contribution in [2.75, 3.05) is 13.1 Å². The third-order valence-corrected chi connectivity index (χ3v) is 10.5. The van der Waals surface area contributed by atoms with Crippen molar-refractivity contribution in [1.82, 2.24) is 14.5 Å². The standard InChI is InChI=1S/C36H37N3O3S/c1-23-10-6-7-13-27(23)29-17-14-25-20-26(15-16-28(25)37-29)34-33(24-11-4-2-5-12-24)35-30(21-31(43-35)36(41)42)39(34)22-32(40)38-18-8-3-9-19-38/h6-7,10,13-17,20-21,24H,2-5,8-9,11-12,18-19,22H2,1H3,(H,41,42). The highest BCUT2D eigenvalue weighted by molar-refractivity contribution is 7.21. The maximum absolute atomic E-state index is 13.7. The van der Waals surface area contributed by atoms with Crippen LogP contribution in [0.25, 0.3) is 43.6 Å². The van der Waals surface area contributed by atoms with E-state index >= 15 is 0 Å². The largest absolute Gasteiger partial charge is 0.477 e. The van der Waals surface area contributed by atoms with Gasteiger partial charge < -0.3 is 14.6 Å². The van der Waals surface area contributed by atoms with Gasteiger partial charge in [0.05, 0.1) is 27.1 Å². The fourth-order valence-corrected chi connectivity index (χ4v) is 8.29. The molecule has 2 aliphatic rings. The molecular formula is C36H37N3O3S. The number of fused-ring (bicyclic) bond motifs is 2. The molecule has 0 atom stereocenters. The van der Waals surface area contributed by atoms with Crippen molar-refractivity contribution in [3.63, 3.8) is 0 Å². The van der Waals surface area contributed by atoms with Crippen molar-refractivity contribution in [1.29, 1.82) is 0 Å². The zero-order valence-corrected chi connectivity index (χ0v) is 25.5. The Labute approximate surface area is 256 Å². The highest BCUT2D eigenvalue weighted by Gasteiger charge is 2.30. The number of carboxylic acid groups (broad SMARTS) is 1. The van der Waals surface area contributed by atoms with E-state index < -0.39 is 5.97 Å². The van der Waals surface area contributed by atoms with Crippen molar-refractivity contribution in [2.24, 2.45) is 0 Å². The molecule has 3 aromatic heterocycles. The maximum Gasteiger partial charge on any atom is 0.345 e. The first-order valence-corrected chi connectivity index (χ1v) is 16.4. The van der Waals surface area contributed by atoms with Crippen LogP contribution < -0.4 is 0 Å². The second-order valence-corrected chi connectivity index (χ2v) is 13.2. The van der Waals surface area contributed by atoms with Gasteiger partial charge in [-0.25, -0.2) is 9.78 Å². The predicted molar refractivity (Wildman–Crippen MR) is 174 cm³/mol. The number of piperidine rings is 1. The fraction of sp³-hybridized carbons (Fsp3) is 0.361. The van der Waals surface area contributed by atoms with Crippen LogP contribution in [0.15, 0.2) is 60.7 Å². The van der Waals surface area contributed by atoms with Gasteiger partial charge in [-0.05, 0) is 85.9 Å². The maximum atomic E-state index is 13.7. The van der Waals surface area contributed by atoms with Gasteiger partial charge in [0, 0.05) is 24.0 Å². The summed E-state index contributed by atoms with van der Waals surface area (Å²) in [6.07, 6.45) is 8.99. The lowest BCUT2D eigenvalue weighted by Gasteiger charge is -2.28. The number of aromatic nitrogens is 2. The summed E-state index contributed by atoms with van der Waals surface area (Å²) >= 11 is 1.36. The number of rotatable bonds is 6. The van der Waals surface area contributed by atoms with E-state index in [4.69, 9.17) is 4.98 Å². The molecule has 5 aromatic rings. The molecular weight excluding hydrogens is 554 g/mol. The lowest BCUT2D eigenvalue weighted by atomic mass is 9.83. The number of carboxylic acids is 1. The molecule has 2 fully saturated rings. The smallest absolute Gasteiger partial charge is 0.345 e. The van der Waals surface area contributed by atoms with E-state index in [0.29, 0.717) is 10.8 Å². The number of pyridine rings is 1. The summed E-state index contributed by atoms with van der Waals surface area (Å²) < 4.78 is 3.16. The van der Waals surface area contributed by atoms with Gasteiger partial charge in [-0.2, -0.15) is 0 Å². The Hall–Kier alpha value is -3.97. The SMILES string of the molecule is Cc1ccccc1-c1ccc2cc(-c3c(C4CCCCC4)c4sc(C(=O)O)cc4n3CC(=O)N3CCCCC3)ccc2n1. The number of amides is 1. The molecule has 6 nitrogen and oxygen atoms in total. The number of thiophene rings is 1. The number of carbonyl (C=O) groups is 2. The lowest BCUT2D eigenvalue weighted by molar-refractivity contribution is -0.132. The second-order valence-electron chi connectivity index (χ2n) is 12.2. The first-order valence-electron chi connectivity index (χ1n) is 15.6. The zero-order chi connectivity index (χ0) is 29.5. The first kappa shape index (κ1) is 27.8. The Bertz CT molecular complexity index is 1840. The summed E-state index contributed by atoms with van der Waals surface area (Å²) in [5.41, 5.74) is 8.44. The van der Waals surface area contributed by atoms with Crippen molar-refractivity contribution < 1.29 is 14.7 Å². The summed E-state index contributed by atoms with van der Waals surface area (Å²) in [7, 11) is 0. The number of carbonyl (C=O) groups excluding carboxylic acids is 1. The highest BCUT2D eigenvalue weighted by Crippen LogP contribution is 2.47. The van der Waals surface area contributed by atoms with Crippen molar-refractivity contribution in [3.05, 3.63) is 76.7 Å². The number of aromatic carboxylic acids is 1. The molecule has 4 heterocycles. The molecule has 2 aromatic carbocycles. The molecule has 1 N–H and O–H groups in total. The molecule has 7 heteroatoms. The normalized spacial score (nSPS) is 16.3. The predicted octanol–water partition coefficient (Wildman–Crippen LogP) is 8.65. The molecule has 0 radical (unpaired) electrons. The van der Waals surface area contributed by atoms with Crippen LogP contribution in [0.3, 0.4) is 0 Å². The molecule has 1 aliphatic heterocycles. The fourth-order valence-electron chi connectivity index (χ4n) is 7.16. The Balaban J connectivity index is 1.39. The van der Waals surface area contributed by atoms with E-state index in [1.54, 1.807) is 6.07 Å². The van der Waals surface area contributed by atoms with Crippen molar-refractivity contribution >= 4 is 44.3 Å². The van der Waals surface area contributed by atoms with Gasteiger partial charge in [-0.1, -0.05) is 55.7 Å². The van der Waals surface area contributed by atoms with Crippen LogP contribution in [0, 0.1) is 6.92 Å². The molecule has 0 unspecified atom stereocenters. The van der Waals surface area contributed by atoms with Crippen molar-refractivity contribution in [2.45, 2.75) is 70.8 Å². The second kappa shape index (κ2) is 11.6. The topological polar surface area (TPSA) is 75.4 Å². The Kier molecular flexibility index (Phi) is 7.51. The van der Waals surface area contributed by atoms with E-state index in [9.17, 15) is 14.7 Å². The molecule has 220 valence electrons. The van der Waals surface area contributed by atoms with Gasteiger partial charge in [0.15, 0.2) is 0 Å². The summed E-state index contributed by atoms with van der Waals surface area (Å²) in [4.78, 5) is 33.2. The molecule has 43 heavy (non-hydrogen) atoms. The highest BCUT2D eigenvalue weighted by atomic mass is 32.1. The average Bonchev–Trinajstić information content (AvgIpc) is 3.60. The number of hydrogen-bond donors (Lipinski definition) is 1. The monoisotopic (exact) mass is 591 g/mol. The molecule has 1 aliphatic carbocycles. The summed E-state index contributed by atoms with van der Waals surface area (Å²) in [6, 6.07) is 20.8. The summed E-state index contributed by atoms with van der Waals surface area (Å²) in [5.74, 6) is -0.455. The number of hydrogen-bond acceptors (Lipinski definition) is 4. The third-order valence-electron chi connectivity index (χ3n) is 9.38. The van der Waals surface area contributed by atoms with Crippen LogP contribution in [0.4, 0.5) is 0 Å². The van der Waals surface area contributed by atoms with E-state index in [1.165, 1.54) is 41.7 Å². The van der Waals surface area contributed by atoms with Crippen LogP contribution in [0.1, 0.15) is 78.1 Å². The molecule has 0 spiro atoms. The third kappa shape index (κ3) is 5.24. The Morgan fingerprint density at radius 1 is 0.930 bits per heavy atom. The minimum absolute atomic E-state index is 0.112. The first-order chi connectivity index (χ1) is 21.0. The van der Waals surface area contributed by atoms with Gasteiger partial charge in [0.1, 0.15) is 11.4 Å². The number of aryl methyl sites for hydroxylation is 1. The van der Waals surface area contributed by atoms with Gasteiger partial charge in [0.25, 0.3) is 0 Å². The van der Waals surface area contributed by atoms with Crippen LogP contribution in [-0.2, 0) is 11.3 Å². The van der Waals surface area contributed by atoms with Crippen LogP contribution in [0.2, 0.25) is 0 Å². The van der Waals surface area contributed by atoms with Crippen LogP contribution >= 0.6 is 11.3 Å². The minimum atomic E-state index is -0.910. The van der Waals surface area contributed by atoms with Gasteiger partial charge in [-0.3, -0.25) is 4.79 Å². The van der Waals surface area contributed by atoms with Crippen LogP contribution in [0.5, 0.6) is 0 Å². The molecule has 7 rings (SSSR count). The number of benzene rings is 2. The van der Waals surface area contributed by atoms with E-state index in [0.717, 1.165) is 88.8 Å². The zero-order valence-electron chi connectivity index (χ0n) is 24.6. The molecule has 1 saturated heterocycles. The molecule has 0 bridgehead atoms. The summed E-state index contributed by atoms with van der Waals surface area (Å²) in [5, 5.41) is 11.0. The molecule has 1 amide bonds.